The summed E-state index contributed by atoms with van der Waals surface area (Å²) in [6.45, 7) is 5.14. The molecular formula is C14H20N4O2S. The number of carbonyl (C=O) groups is 2. The lowest BCUT2D eigenvalue weighted by atomic mass is 9.96. The predicted molar refractivity (Wildman–Crippen MR) is 82.7 cm³/mol. The molecular weight excluding hydrogens is 288 g/mol. The van der Waals surface area contributed by atoms with Gasteiger partial charge in [-0.25, -0.2) is 4.98 Å². The van der Waals surface area contributed by atoms with Gasteiger partial charge in [0.1, 0.15) is 0 Å². The van der Waals surface area contributed by atoms with Crippen molar-refractivity contribution in [1.29, 1.82) is 0 Å². The van der Waals surface area contributed by atoms with Gasteiger partial charge in [0.05, 0.1) is 11.6 Å². The third-order valence-corrected chi connectivity index (χ3v) is 4.19. The van der Waals surface area contributed by atoms with Gasteiger partial charge >= 0.3 is 0 Å². The average Bonchev–Trinajstić information content (AvgIpc) is 2.87. The standard InChI is InChI=1S/C14H20N4O2S/c1-2-7-18-8-10(3-4-12(18)19)13(20)16-6-5-11-9-21-14(15)17-11/h2,9-10H,1,3-8H2,(H2,15,17)(H,16,20). The summed E-state index contributed by atoms with van der Waals surface area (Å²) in [4.78, 5) is 29.6. The van der Waals surface area contributed by atoms with Crippen molar-refractivity contribution in [2.45, 2.75) is 19.3 Å². The number of amides is 2. The molecule has 1 aliphatic heterocycles. The number of nitrogens with zero attached hydrogens (tertiary/aromatic N) is 2. The van der Waals surface area contributed by atoms with E-state index in [1.54, 1.807) is 11.0 Å². The fourth-order valence-electron chi connectivity index (χ4n) is 2.36. The zero-order valence-corrected chi connectivity index (χ0v) is 12.7. The molecule has 0 saturated carbocycles. The van der Waals surface area contributed by atoms with Crippen LogP contribution in [0.3, 0.4) is 0 Å². The van der Waals surface area contributed by atoms with Crippen LogP contribution in [0.5, 0.6) is 0 Å². The van der Waals surface area contributed by atoms with Gasteiger partial charge in [-0.1, -0.05) is 6.08 Å². The number of rotatable bonds is 6. The normalized spacial score (nSPS) is 18.6. The fraction of sp³-hybridized carbons (Fsp3) is 0.500. The molecule has 6 nitrogen and oxygen atoms in total. The number of carbonyl (C=O) groups excluding carboxylic acids is 2. The van der Waals surface area contributed by atoms with Crippen molar-refractivity contribution in [3.8, 4) is 0 Å². The van der Waals surface area contributed by atoms with Crippen molar-refractivity contribution in [3.63, 3.8) is 0 Å². The first-order valence-electron chi connectivity index (χ1n) is 6.96. The first-order chi connectivity index (χ1) is 10.1. The maximum absolute atomic E-state index is 12.1. The van der Waals surface area contributed by atoms with E-state index in [1.165, 1.54) is 11.3 Å². The lowest BCUT2D eigenvalue weighted by Gasteiger charge is -2.31. The largest absolute Gasteiger partial charge is 0.375 e. The maximum Gasteiger partial charge on any atom is 0.224 e. The van der Waals surface area contributed by atoms with E-state index in [0.717, 1.165) is 5.69 Å². The highest BCUT2D eigenvalue weighted by atomic mass is 32.1. The highest BCUT2D eigenvalue weighted by Crippen LogP contribution is 2.17. The number of likely N-dealkylation sites (tertiary alicyclic amines) is 1. The molecule has 114 valence electrons. The molecule has 0 aliphatic carbocycles. The summed E-state index contributed by atoms with van der Waals surface area (Å²) in [5.74, 6) is -0.0418. The highest BCUT2D eigenvalue weighted by Gasteiger charge is 2.29. The lowest BCUT2D eigenvalue weighted by Crippen LogP contribution is -2.46. The van der Waals surface area contributed by atoms with E-state index in [0.29, 0.717) is 44.0 Å². The molecule has 1 atom stereocenters. The number of thiazole rings is 1. The minimum Gasteiger partial charge on any atom is -0.375 e. The lowest BCUT2D eigenvalue weighted by molar-refractivity contribution is -0.137. The van der Waals surface area contributed by atoms with Crippen LogP contribution in [-0.2, 0) is 16.0 Å². The molecule has 2 heterocycles. The zero-order valence-electron chi connectivity index (χ0n) is 11.9. The van der Waals surface area contributed by atoms with E-state index >= 15 is 0 Å². The van der Waals surface area contributed by atoms with Crippen LogP contribution in [0, 0.1) is 5.92 Å². The van der Waals surface area contributed by atoms with Gasteiger partial charge in [0.2, 0.25) is 11.8 Å². The Kier molecular flexibility index (Phi) is 5.32. The Morgan fingerprint density at radius 1 is 1.67 bits per heavy atom. The minimum absolute atomic E-state index is 0.000219. The first kappa shape index (κ1) is 15.5. The van der Waals surface area contributed by atoms with Crippen LogP contribution in [0.25, 0.3) is 0 Å². The Labute approximate surface area is 128 Å². The van der Waals surface area contributed by atoms with E-state index < -0.39 is 0 Å². The Morgan fingerprint density at radius 3 is 3.14 bits per heavy atom. The third kappa shape index (κ3) is 4.29. The Bertz CT molecular complexity index is 529. The van der Waals surface area contributed by atoms with Gasteiger partial charge in [0.25, 0.3) is 0 Å². The second-order valence-electron chi connectivity index (χ2n) is 5.04. The molecule has 21 heavy (non-hydrogen) atoms. The van der Waals surface area contributed by atoms with Crippen LogP contribution in [0.15, 0.2) is 18.0 Å². The van der Waals surface area contributed by atoms with E-state index in [-0.39, 0.29) is 17.7 Å². The van der Waals surface area contributed by atoms with Gasteiger partial charge in [-0.2, -0.15) is 0 Å². The molecule has 2 rings (SSSR count). The van der Waals surface area contributed by atoms with E-state index in [1.807, 2.05) is 5.38 Å². The summed E-state index contributed by atoms with van der Waals surface area (Å²) >= 11 is 1.40. The SMILES string of the molecule is C=CCN1CC(C(=O)NCCc2csc(N)n2)CCC1=O. The van der Waals surface area contributed by atoms with Crippen LogP contribution in [0.2, 0.25) is 0 Å². The third-order valence-electron chi connectivity index (χ3n) is 3.47. The van der Waals surface area contributed by atoms with Gasteiger partial charge in [-0.05, 0) is 6.42 Å². The van der Waals surface area contributed by atoms with Crippen LogP contribution in [0.1, 0.15) is 18.5 Å². The molecule has 1 aliphatic rings. The monoisotopic (exact) mass is 308 g/mol. The van der Waals surface area contributed by atoms with E-state index in [9.17, 15) is 9.59 Å². The molecule has 0 spiro atoms. The van der Waals surface area contributed by atoms with Crippen molar-refractivity contribution in [2.24, 2.45) is 5.92 Å². The average molecular weight is 308 g/mol. The van der Waals surface area contributed by atoms with Gasteiger partial charge in [-0.3, -0.25) is 9.59 Å². The van der Waals surface area contributed by atoms with Gasteiger partial charge in [0.15, 0.2) is 5.13 Å². The number of anilines is 1. The Balaban J connectivity index is 1.77. The second kappa shape index (κ2) is 7.21. The second-order valence-corrected chi connectivity index (χ2v) is 5.93. The van der Waals surface area contributed by atoms with Crippen LogP contribution >= 0.6 is 11.3 Å². The van der Waals surface area contributed by atoms with Crippen LogP contribution < -0.4 is 11.1 Å². The Morgan fingerprint density at radius 2 is 2.48 bits per heavy atom. The Hall–Kier alpha value is -1.89. The summed E-state index contributed by atoms with van der Waals surface area (Å²) in [5, 5.41) is 5.35. The fourth-order valence-corrected chi connectivity index (χ4v) is 2.95. The summed E-state index contributed by atoms with van der Waals surface area (Å²) in [6, 6.07) is 0. The number of nitrogens with two attached hydrogens (primary N) is 1. The molecule has 0 bridgehead atoms. The quantitative estimate of drug-likeness (QED) is 0.761. The van der Waals surface area contributed by atoms with E-state index in [2.05, 4.69) is 16.9 Å². The van der Waals surface area contributed by atoms with Crippen molar-refractivity contribution in [3.05, 3.63) is 23.7 Å². The summed E-state index contributed by atoms with van der Waals surface area (Å²) < 4.78 is 0. The predicted octanol–water partition coefficient (Wildman–Crippen LogP) is 0.809. The first-order valence-corrected chi connectivity index (χ1v) is 7.84. The summed E-state index contributed by atoms with van der Waals surface area (Å²) in [7, 11) is 0. The van der Waals surface area contributed by atoms with Gasteiger partial charge in [0, 0.05) is 37.9 Å². The molecule has 1 unspecified atom stereocenters. The maximum atomic E-state index is 12.1. The smallest absolute Gasteiger partial charge is 0.224 e. The number of piperidine rings is 1. The highest BCUT2D eigenvalue weighted by molar-refractivity contribution is 7.13. The molecule has 2 amide bonds. The number of hydrogen-bond acceptors (Lipinski definition) is 5. The molecule has 1 fully saturated rings. The molecule has 1 aromatic rings. The number of aromatic nitrogens is 1. The van der Waals surface area contributed by atoms with E-state index in [4.69, 9.17) is 5.73 Å². The molecule has 0 radical (unpaired) electrons. The number of hydrogen-bond donors (Lipinski definition) is 2. The summed E-state index contributed by atoms with van der Waals surface area (Å²) in [5.41, 5.74) is 6.45. The number of nitrogens with one attached hydrogen (secondary N) is 1. The summed E-state index contributed by atoms with van der Waals surface area (Å²) in [6.07, 6.45) is 3.39. The molecule has 1 aromatic heterocycles. The molecule has 1 saturated heterocycles. The molecule has 7 heteroatoms. The van der Waals surface area contributed by atoms with Gasteiger partial charge < -0.3 is 16.0 Å². The minimum atomic E-state index is -0.136. The van der Waals surface area contributed by atoms with Gasteiger partial charge in [-0.15, -0.1) is 17.9 Å². The number of nitrogen functional groups attached to an aromatic ring is 1. The van der Waals surface area contributed by atoms with Crippen molar-refractivity contribution in [2.75, 3.05) is 25.4 Å². The molecule has 0 aromatic carbocycles. The van der Waals surface area contributed by atoms with Crippen molar-refractivity contribution < 1.29 is 9.59 Å². The van der Waals surface area contributed by atoms with Crippen molar-refractivity contribution in [1.82, 2.24) is 15.2 Å². The van der Waals surface area contributed by atoms with Crippen LogP contribution in [-0.4, -0.2) is 41.3 Å². The topological polar surface area (TPSA) is 88.3 Å². The zero-order chi connectivity index (χ0) is 15.2. The van der Waals surface area contributed by atoms with Crippen LogP contribution in [0.4, 0.5) is 5.13 Å². The molecule has 3 N–H and O–H groups in total. The van der Waals surface area contributed by atoms with Crippen molar-refractivity contribution >= 4 is 28.3 Å².